The molecule has 0 atom stereocenters. The van der Waals surface area contributed by atoms with Crippen LogP contribution in [0, 0.1) is 0 Å². The van der Waals surface area contributed by atoms with Crippen molar-refractivity contribution in [3.8, 4) is 0 Å². The molecule has 1 rings (SSSR count). The van der Waals surface area contributed by atoms with Crippen LogP contribution < -0.4 is 0 Å². The van der Waals surface area contributed by atoms with E-state index in [1.54, 1.807) is 11.3 Å². The lowest BCUT2D eigenvalue weighted by Gasteiger charge is -2.15. The Morgan fingerprint density at radius 2 is 2.09 bits per heavy atom. The molecule has 1 aromatic heterocycles. The van der Waals surface area contributed by atoms with Gasteiger partial charge in [0, 0.05) is 4.88 Å². The van der Waals surface area contributed by atoms with E-state index in [1.807, 2.05) is 0 Å². The first kappa shape index (κ1) is 8.75. The quantitative estimate of drug-likeness (QED) is 0.686. The third kappa shape index (κ3) is 2.04. The van der Waals surface area contributed by atoms with Crippen molar-refractivity contribution in [1.82, 2.24) is 0 Å². The molecular weight excluding hydrogens is 156 g/mol. The largest absolute Gasteiger partial charge is 0.391 e. The molecule has 0 saturated heterocycles. The Labute approximate surface area is 71.7 Å². The Morgan fingerprint density at radius 1 is 1.45 bits per heavy atom. The van der Waals surface area contributed by atoms with Crippen molar-refractivity contribution in [2.75, 3.05) is 0 Å². The topological polar surface area (TPSA) is 20.2 Å². The van der Waals surface area contributed by atoms with Gasteiger partial charge in [-0.3, -0.25) is 0 Å². The van der Waals surface area contributed by atoms with E-state index >= 15 is 0 Å². The summed E-state index contributed by atoms with van der Waals surface area (Å²) in [6.07, 6.45) is 0. The van der Waals surface area contributed by atoms with Gasteiger partial charge in [0.2, 0.25) is 0 Å². The number of aliphatic hydroxyl groups is 1. The zero-order valence-corrected chi connectivity index (χ0v) is 8.03. The Kier molecular flexibility index (Phi) is 2.35. The van der Waals surface area contributed by atoms with Crippen molar-refractivity contribution in [2.45, 2.75) is 32.8 Å². The summed E-state index contributed by atoms with van der Waals surface area (Å²) in [5.41, 5.74) is 1.52. The smallest absolute Gasteiger partial charge is 0.0774 e. The van der Waals surface area contributed by atoms with Gasteiger partial charge in [0.05, 0.1) is 6.61 Å². The van der Waals surface area contributed by atoms with E-state index in [9.17, 15) is 0 Å². The van der Waals surface area contributed by atoms with Crippen molar-refractivity contribution in [3.63, 3.8) is 0 Å². The minimum absolute atomic E-state index is 0.167. The summed E-state index contributed by atoms with van der Waals surface area (Å²) in [7, 11) is 0. The lowest BCUT2D eigenvalue weighted by atomic mass is 9.89. The molecule has 62 valence electrons. The molecule has 0 aliphatic carbocycles. The van der Waals surface area contributed by atoms with Gasteiger partial charge in [-0.2, -0.15) is 0 Å². The molecule has 0 aliphatic rings. The number of hydrogen-bond acceptors (Lipinski definition) is 2. The summed E-state index contributed by atoms with van der Waals surface area (Å²) in [6, 6.07) is 2.07. The summed E-state index contributed by atoms with van der Waals surface area (Å²) in [4.78, 5) is 1.05. The molecule has 2 heteroatoms. The molecule has 0 radical (unpaired) electrons. The average molecular weight is 170 g/mol. The molecule has 0 unspecified atom stereocenters. The van der Waals surface area contributed by atoms with Gasteiger partial charge in [0.15, 0.2) is 0 Å². The number of rotatable bonds is 1. The molecule has 11 heavy (non-hydrogen) atoms. The minimum atomic E-state index is 0.167. The lowest BCUT2D eigenvalue weighted by molar-refractivity contribution is 0.285. The predicted octanol–water partition coefficient (Wildman–Crippen LogP) is 2.54. The average Bonchev–Trinajstić information content (AvgIpc) is 2.32. The minimum Gasteiger partial charge on any atom is -0.391 e. The Morgan fingerprint density at radius 3 is 2.36 bits per heavy atom. The second kappa shape index (κ2) is 2.95. The maximum Gasteiger partial charge on any atom is 0.0774 e. The maximum absolute atomic E-state index is 8.83. The molecule has 0 saturated carbocycles. The molecule has 1 aromatic rings. The highest BCUT2D eigenvalue weighted by Gasteiger charge is 2.14. The van der Waals surface area contributed by atoms with Crippen LogP contribution in [0.2, 0.25) is 0 Å². The highest BCUT2D eigenvalue weighted by molar-refractivity contribution is 7.10. The van der Waals surface area contributed by atoms with Gasteiger partial charge >= 0.3 is 0 Å². The molecular formula is C9H14OS. The SMILES string of the molecule is CC(C)(C)c1csc(CO)c1. The molecule has 0 amide bonds. The van der Waals surface area contributed by atoms with Crippen LogP contribution in [-0.4, -0.2) is 5.11 Å². The first-order valence-electron chi connectivity index (χ1n) is 3.73. The van der Waals surface area contributed by atoms with Crippen molar-refractivity contribution in [3.05, 3.63) is 21.9 Å². The summed E-state index contributed by atoms with van der Waals surface area (Å²) < 4.78 is 0. The molecule has 1 nitrogen and oxygen atoms in total. The van der Waals surface area contributed by atoms with E-state index in [-0.39, 0.29) is 12.0 Å². The van der Waals surface area contributed by atoms with Crippen molar-refractivity contribution in [2.24, 2.45) is 0 Å². The molecule has 0 aliphatic heterocycles. The van der Waals surface area contributed by atoms with Crippen LogP contribution in [0.5, 0.6) is 0 Å². The van der Waals surface area contributed by atoms with Crippen LogP contribution in [0.3, 0.4) is 0 Å². The van der Waals surface area contributed by atoms with Gasteiger partial charge in [-0.15, -0.1) is 11.3 Å². The molecule has 0 bridgehead atoms. The van der Waals surface area contributed by atoms with E-state index in [2.05, 4.69) is 32.2 Å². The van der Waals surface area contributed by atoms with Gasteiger partial charge in [-0.1, -0.05) is 20.8 Å². The van der Waals surface area contributed by atoms with E-state index < -0.39 is 0 Å². The second-order valence-electron chi connectivity index (χ2n) is 3.71. The van der Waals surface area contributed by atoms with Gasteiger partial charge in [0.1, 0.15) is 0 Å². The maximum atomic E-state index is 8.83. The van der Waals surface area contributed by atoms with Gasteiger partial charge in [0.25, 0.3) is 0 Å². The number of hydrogen-bond donors (Lipinski definition) is 1. The first-order valence-corrected chi connectivity index (χ1v) is 4.61. The van der Waals surface area contributed by atoms with Crippen LogP contribution in [0.1, 0.15) is 31.2 Å². The summed E-state index contributed by atoms with van der Waals surface area (Å²) in [5, 5.41) is 10.9. The molecule has 1 heterocycles. The standard InChI is InChI=1S/C9H14OS/c1-9(2,3)7-4-8(5-10)11-6-7/h4,6,10H,5H2,1-3H3. The van der Waals surface area contributed by atoms with Crippen LogP contribution in [-0.2, 0) is 12.0 Å². The Balaban J connectivity index is 2.89. The second-order valence-corrected chi connectivity index (χ2v) is 4.71. The van der Waals surface area contributed by atoms with Crippen LogP contribution in [0.4, 0.5) is 0 Å². The van der Waals surface area contributed by atoms with Crippen LogP contribution in [0.25, 0.3) is 0 Å². The lowest BCUT2D eigenvalue weighted by Crippen LogP contribution is -2.08. The number of aliphatic hydroxyl groups excluding tert-OH is 1. The van der Waals surface area contributed by atoms with E-state index in [0.717, 1.165) is 4.88 Å². The fraction of sp³-hybridized carbons (Fsp3) is 0.556. The van der Waals surface area contributed by atoms with Crippen molar-refractivity contribution >= 4 is 11.3 Å². The highest BCUT2D eigenvalue weighted by atomic mass is 32.1. The van der Waals surface area contributed by atoms with Crippen LogP contribution >= 0.6 is 11.3 Å². The van der Waals surface area contributed by atoms with E-state index in [4.69, 9.17) is 5.11 Å². The first-order chi connectivity index (χ1) is 5.04. The molecule has 0 aromatic carbocycles. The third-order valence-electron chi connectivity index (χ3n) is 1.68. The van der Waals surface area contributed by atoms with Gasteiger partial charge in [-0.05, 0) is 22.4 Å². The Bertz CT molecular complexity index is 232. The monoisotopic (exact) mass is 170 g/mol. The van der Waals surface area contributed by atoms with E-state index in [0.29, 0.717) is 0 Å². The normalized spacial score (nSPS) is 12.0. The molecule has 1 N–H and O–H groups in total. The Hall–Kier alpha value is -0.340. The highest BCUT2D eigenvalue weighted by Crippen LogP contribution is 2.26. The molecule has 0 fully saturated rings. The van der Waals surface area contributed by atoms with Gasteiger partial charge in [-0.25, -0.2) is 0 Å². The fourth-order valence-corrected chi connectivity index (χ4v) is 1.83. The van der Waals surface area contributed by atoms with E-state index in [1.165, 1.54) is 5.56 Å². The zero-order valence-electron chi connectivity index (χ0n) is 7.22. The zero-order chi connectivity index (χ0) is 8.48. The van der Waals surface area contributed by atoms with Gasteiger partial charge < -0.3 is 5.11 Å². The fourth-order valence-electron chi connectivity index (χ4n) is 0.857. The van der Waals surface area contributed by atoms with Crippen molar-refractivity contribution < 1.29 is 5.11 Å². The predicted molar refractivity (Wildman–Crippen MR) is 48.9 cm³/mol. The molecule has 0 spiro atoms. The summed E-state index contributed by atoms with van der Waals surface area (Å²) in [5.74, 6) is 0. The summed E-state index contributed by atoms with van der Waals surface area (Å²) in [6.45, 7) is 6.70. The van der Waals surface area contributed by atoms with Crippen LogP contribution in [0.15, 0.2) is 11.4 Å². The number of thiophene rings is 1. The summed E-state index contributed by atoms with van der Waals surface area (Å²) >= 11 is 1.63. The van der Waals surface area contributed by atoms with Crippen molar-refractivity contribution in [1.29, 1.82) is 0 Å². The third-order valence-corrected chi connectivity index (χ3v) is 2.60.